The van der Waals surface area contributed by atoms with Gasteiger partial charge in [0.05, 0.1) is 15.7 Å². The fraction of sp³-hybridized carbons (Fsp3) is 0.250. The number of hydrogen-bond donors (Lipinski definition) is 1. The molecule has 0 saturated carbocycles. The van der Waals surface area contributed by atoms with Crippen LogP contribution in [0.15, 0.2) is 23.7 Å². The van der Waals surface area contributed by atoms with E-state index >= 15 is 0 Å². The first kappa shape index (κ1) is 10.0. The Labute approximate surface area is 93.3 Å². The summed E-state index contributed by atoms with van der Waals surface area (Å²) < 4.78 is 1.22. The van der Waals surface area contributed by atoms with E-state index in [1.165, 1.54) is 4.70 Å². The molecule has 0 unspecified atom stereocenters. The minimum Gasteiger partial charge on any atom is -0.384 e. The van der Waals surface area contributed by atoms with E-state index in [-0.39, 0.29) is 0 Å². The number of anilines is 1. The molecule has 0 amide bonds. The van der Waals surface area contributed by atoms with E-state index in [0.717, 1.165) is 24.2 Å². The highest BCUT2D eigenvalue weighted by Crippen LogP contribution is 2.21. The third-order valence-electron chi connectivity index (χ3n) is 2.09. The Balaban J connectivity index is 2.03. The van der Waals surface area contributed by atoms with Crippen molar-refractivity contribution < 1.29 is 0 Å². The minimum atomic E-state index is 0.886. The van der Waals surface area contributed by atoms with Crippen LogP contribution in [0.2, 0.25) is 0 Å². The third-order valence-corrected chi connectivity index (χ3v) is 2.88. The van der Waals surface area contributed by atoms with Crippen LogP contribution < -0.4 is 5.32 Å². The molecule has 0 radical (unpaired) electrons. The van der Waals surface area contributed by atoms with E-state index in [1.807, 2.05) is 18.5 Å². The zero-order valence-electron chi connectivity index (χ0n) is 8.58. The molecule has 1 aromatic heterocycles. The molecule has 0 atom stereocenters. The second-order valence-corrected chi connectivity index (χ2v) is 4.02. The van der Waals surface area contributed by atoms with Gasteiger partial charge in [-0.05, 0) is 25.1 Å². The Morgan fingerprint density at radius 3 is 3.27 bits per heavy atom. The van der Waals surface area contributed by atoms with Gasteiger partial charge in [0.2, 0.25) is 0 Å². The topological polar surface area (TPSA) is 24.9 Å². The lowest BCUT2D eigenvalue weighted by molar-refractivity contribution is 1.10. The molecule has 1 aromatic carbocycles. The predicted octanol–water partition coefficient (Wildman–Crippen LogP) is 3.12. The Morgan fingerprint density at radius 1 is 1.47 bits per heavy atom. The van der Waals surface area contributed by atoms with Crippen LogP contribution in [-0.4, -0.2) is 11.5 Å². The van der Waals surface area contributed by atoms with Gasteiger partial charge in [-0.15, -0.1) is 23.2 Å². The van der Waals surface area contributed by atoms with Gasteiger partial charge in [-0.3, -0.25) is 0 Å². The lowest BCUT2D eigenvalue weighted by Crippen LogP contribution is -1.99. The summed E-state index contributed by atoms with van der Waals surface area (Å²) in [5, 5.41) is 3.34. The van der Waals surface area contributed by atoms with Crippen molar-refractivity contribution in [2.24, 2.45) is 0 Å². The van der Waals surface area contributed by atoms with E-state index in [0.29, 0.717) is 0 Å². The van der Waals surface area contributed by atoms with Crippen LogP contribution in [-0.2, 0) is 0 Å². The second-order valence-electron chi connectivity index (χ2n) is 3.14. The summed E-state index contributed by atoms with van der Waals surface area (Å²) in [5.41, 5.74) is 4.08. The number of fused-ring (bicyclic) bond motifs is 1. The number of rotatable bonds is 3. The van der Waals surface area contributed by atoms with Gasteiger partial charge >= 0.3 is 0 Å². The van der Waals surface area contributed by atoms with Crippen LogP contribution in [0.25, 0.3) is 10.2 Å². The van der Waals surface area contributed by atoms with Crippen LogP contribution in [0.1, 0.15) is 13.3 Å². The van der Waals surface area contributed by atoms with Crippen molar-refractivity contribution >= 4 is 27.2 Å². The lowest BCUT2D eigenvalue weighted by Gasteiger charge is -2.03. The van der Waals surface area contributed by atoms with Crippen LogP contribution >= 0.6 is 11.3 Å². The van der Waals surface area contributed by atoms with Gasteiger partial charge in [0.15, 0.2) is 0 Å². The molecule has 0 spiro atoms. The molecule has 0 aliphatic heterocycles. The molecule has 15 heavy (non-hydrogen) atoms. The largest absolute Gasteiger partial charge is 0.384 e. The molecule has 3 heteroatoms. The van der Waals surface area contributed by atoms with E-state index in [4.69, 9.17) is 0 Å². The highest BCUT2D eigenvalue weighted by molar-refractivity contribution is 7.16. The molecular weight excluding hydrogens is 204 g/mol. The van der Waals surface area contributed by atoms with Gasteiger partial charge < -0.3 is 5.32 Å². The van der Waals surface area contributed by atoms with Crippen molar-refractivity contribution in [1.82, 2.24) is 4.98 Å². The summed E-state index contributed by atoms with van der Waals surface area (Å²) in [6.07, 6.45) is 0.886. The summed E-state index contributed by atoms with van der Waals surface area (Å²) in [6, 6.07) is 6.23. The highest BCUT2D eigenvalue weighted by Gasteiger charge is 1.97. The molecular formula is C12H12N2S. The Morgan fingerprint density at radius 2 is 2.40 bits per heavy atom. The standard InChI is InChI=1S/C12H12N2S/c1-2-3-4-7-13-10-5-6-11-12(8-10)15-9-14-11/h5-6,8-9,13H,4,7H2,1H3. The maximum atomic E-state index is 4.24. The molecule has 0 aliphatic rings. The summed E-state index contributed by atoms with van der Waals surface area (Å²) in [7, 11) is 0. The van der Waals surface area contributed by atoms with Crippen molar-refractivity contribution in [3.8, 4) is 11.8 Å². The Kier molecular flexibility index (Phi) is 3.21. The highest BCUT2D eigenvalue weighted by atomic mass is 32.1. The first-order valence-corrected chi connectivity index (χ1v) is 5.75. The molecule has 0 aliphatic carbocycles. The predicted molar refractivity (Wildman–Crippen MR) is 66.2 cm³/mol. The SMILES string of the molecule is CC#CCCNc1ccc2ncsc2c1. The van der Waals surface area contributed by atoms with Crippen molar-refractivity contribution in [2.75, 3.05) is 11.9 Å². The van der Waals surface area contributed by atoms with Crippen LogP contribution in [0.3, 0.4) is 0 Å². The van der Waals surface area contributed by atoms with Crippen LogP contribution in [0.5, 0.6) is 0 Å². The van der Waals surface area contributed by atoms with E-state index < -0.39 is 0 Å². The fourth-order valence-electron chi connectivity index (χ4n) is 1.36. The normalized spacial score (nSPS) is 9.67. The first-order valence-electron chi connectivity index (χ1n) is 4.87. The molecule has 76 valence electrons. The smallest absolute Gasteiger partial charge is 0.0813 e. The molecule has 1 N–H and O–H groups in total. The Hall–Kier alpha value is -1.53. The molecule has 0 bridgehead atoms. The average Bonchev–Trinajstić information content (AvgIpc) is 2.71. The van der Waals surface area contributed by atoms with Gasteiger partial charge in [-0.25, -0.2) is 4.98 Å². The summed E-state index contributed by atoms with van der Waals surface area (Å²) in [5.74, 6) is 5.91. The number of thiazole rings is 1. The molecule has 0 fully saturated rings. The third kappa shape index (κ3) is 2.48. The van der Waals surface area contributed by atoms with Crippen LogP contribution in [0.4, 0.5) is 5.69 Å². The average molecular weight is 216 g/mol. The van der Waals surface area contributed by atoms with Crippen molar-refractivity contribution in [3.05, 3.63) is 23.7 Å². The van der Waals surface area contributed by atoms with Crippen molar-refractivity contribution in [2.45, 2.75) is 13.3 Å². The second kappa shape index (κ2) is 4.81. The van der Waals surface area contributed by atoms with E-state index in [2.05, 4.69) is 34.3 Å². The fourth-order valence-corrected chi connectivity index (χ4v) is 2.08. The molecule has 2 aromatic rings. The summed E-state index contributed by atoms with van der Waals surface area (Å²) >= 11 is 1.67. The molecule has 0 saturated heterocycles. The number of nitrogens with one attached hydrogen (secondary N) is 1. The molecule has 2 rings (SSSR count). The number of benzene rings is 1. The van der Waals surface area contributed by atoms with Crippen molar-refractivity contribution in [3.63, 3.8) is 0 Å². The van der Waals surface area contributed by atoms with E-state index in [9.17, 15) is 0 Å². The number of nitrogens with zero attached hydrogens (tertiary/aromatic N) is 1. The maximum absolute atomic E-state index is 4.24. The quantitative estimate of drug-likeness (QED) is 0.630. The van der Waals surface area contributed by atoms with Gasteiger partial charge in [0.1, 0.15) is 0 Å². The van der Waals surface area contributed by atoms with Gasteiger partial charge in [-0.1, -0.05) is 0 Å². The summed E-state index contributed by atoms with van der Waals surface area (Å²) in [4.78, 5) is 4.24. The molecule has 1 heterocycles. The van der Waals surface area contributed by atoms with Crippen LogP contribution in [0, 0.1) is 11.8 Å². The lowest BCUT2D eigenvalue weighted by atomic mass is 10.3. The molecule has 2 nitrogen and oxygen atoms in total. The number of aromatic nitrogens is 1. The van der Waals surface area contributed by atoms with Gasteiger partial charge in [0.25, 0.3) is 0 Å². The van der Waals surface area contributed by atoms with Gasteiger partial charge in [-0.2, -0.15) is 0 Å². The summed E-state index contributed by atoms with van der Waals surface area (Å²) in [6.45, 7) is 2.76. The first-order chi connectivity index (χ1) is 7.40. The Bertz CT molecular complexity index is 505. The monoisotopic (exact) mass is 216 g/mol. The van der Waals surface area contributed by atoms with Crippen molar-refractivity contribution in [1.29, 1.82) is 0 Å². The minimum absolute atomic E-state index is 0.886. The zero-order chi connectivity index (χ0) is 10.5. The number of hydrogen-bond acceptors (Lipinski definition) is 3. The van der Waals surface area contributed by atoms with E-state index in [1.54, 1.807) is 11.3 Å². The zero-order valence-corrected chi connectivity index (χ0v) is 9.40. The maximum Gasteiger partial charge on any atom is 0.0813 e. The van der Waals surface area contributed by atoms with Gasteiger partial charge in [0, 0.05) is 18.7 Å².